The highest BCUT2D eigenvalue weighted by Gasteiger charge is 2.40. The highest BCUT2D eigenvalue weighted by atomic mass is 32.1. The molecule has 3 amide bonds. The van der Waals surface area contributed by atoms with Gasteiger partial charge in [-0.1, -0.05) is 31.5 Å². The van der Waals surface area contributed by atoms with Gasteiger partial charge in [-0.2, -0.15) is 0 Å². The molecule has 36 heavy (non-hydrogen) atoms. The molecule has 2 aliphatic rings. The van der Waals surface area contributed by atoms with Crippen molar-refractivity contribution in [3.05, 3.63) is 46.5 Å². The zero-order valence-electron chi connectivity index (χ0n) is 21.1. The summed E-state index contributed by atoms with van der Waals surface area (Å²) in [6.07, 6.45) is 1.52. The Bertz CT molecular complexity index is 1070. The summed E-state index contributed by atoms with van der Waals surface area (Å²) < 4.78 is 11.5. The van der Waals surface area contributed by atoms with Crippen molar-refractivity contribution in [3.8, 4) is 0 Å². The lowest BCUT2D eigenvalue weighted by Gasteiger charge is -2.37. The number of ether oxygens (including phenoxy) is 2. The Hall–Kier alpha value is -2.82. The fraction of sp³-hybridized carbons (Fsp3) is 0.538. The van der Waals surface area contributed by atoms with Crippen LogP contribution in [0.5, 0.6) is 0 Å². The zero-order valence-corrected chi connectivity index (χ0v) is 21.9. The summed E-state index contributed by atoms with van der Waals surface area (Å²) in [5, 5.41) is 4.98. The number of carbonyl (C=O) groups is 3. The lowest BCUT2D eigenvalue weighted by atomic mass is 10.0. The first-order chi connectivity index (χ1) is 17.2. The van der Waals surface area contributed by atoms with Crippen LogP contribution in [0, 0.1) is 12.8 Å². The number of nitrogens with one attached hydrogen (secondary N) is 1. The Morgan fingerprint density at radius 1 is 1.14 bits per heavy atom. The van der Waals surface area contributed by atoms with E-state index in [1.807, 2.05) is 37.8 Å². The summed E-state index contributed by atoms with van der Waals surface area (Å²) in [4.78, 5) is 46.3. The van der Waals surface area contributed by atoms with Crippen LogP contribution in [0.2, 0.25) is 0 Å². The van der Waals surface area contributed by atoms with Crippen molar-refractivity contribution in [2.45, 2.75) is 45.8 Å². The molecule has 4 rings (SSSR count). The van der Waals surface area contributed by atoms with Crippen molar-refractivity contribution in [1.82, 2.24) is 14.8 Å². The van der Waals surface area contributed by atoms with E-state index in [4.69, 9.17) is 9.47 Å². The molecule has 0 aliphatic carbocycles. The predicted molar refractivity (Wildman–Crippen MR) is 137 cm³/mol. The number of benzene rings is 1. The molecule has 0 radical (unpaired) electrons. The molecule has 10 heteroatoms. The molecule has 0 unspecified atom stereocenters. The van der Waals surface area contributed by atoms with Crippen LogP contribution in [0.15, 0.2) is 29.6 Å². The van der Waals surface area contributed by atoms with Gasteiger partial charge in [0.25, 0.3) is 5.91 Å². The van der Waals surface area contributed by atoms with Gasteiger partial charge in [-0.15, -0.1) is 11.3 Å². The van der Waals surface area contributed by atoms with Gasteiger partial charge in [0.15, 0.2) is 10.9 Å². The lowest BCUT2D eigenvalue weighted by molar-refractivity contribution is -0.187. The Kier molecular flexibility index (Phi) is 8.38. The van der Waals surface area contributed by atoms with E-state index in [1.165, 1.54) is 11.3 Å². The highest BCUT2D eigenvalue weighted by Crippen LogP contribution is 2.31. The number of amides is 3. The molecule has 1 N–H and O–H groups in total. The van der Waals surface area contributed by atoms with Crippen molar-refractivity contribution < 1.29 is 23.9 Å². The van der Waals surface area contributed by atoms with E-state index < -0.39 is 5.79 Å². The van der Waals surface area contributed by atoms with Crippen LogP contribution < -0.4 is 5.32 Å². The number of hydrogen-bond donors (Lipinski definition) is 1. The zero-order chi connectivity index (χ0) is 25.7. The van der Waals surface area contributed by atoms with E-state index in [-0.39, 0.29) is 36.6 Å². The van der Waals surface area contributed by atoms with Crippen molar-refractivity contribution in [3.63, 3.8) is 0 Å². The second kappa shape index (κ2) is 11.5. The molecule has 9 nitrogen and oxygen atoms in total. The van der Waals surface area contributed by atoms with Gasteiger partial charge in [0.1, 0.15) is 6.54 Å². The molecule has 2 fully saturated rings. The highest BCUT2D eigenvalue weighted by molar-refractivity contribution is 7.13. The van der Waals surface area contributed by atoms with Gasteiger partial charge >= 0.3 is 0 Å². The number of carbonyl (C=O) groups excluding carboxylic acids is 3. The molecule has 0 bridgehead atoms. The number of piperidine rings is 1. The number of rotatable bonds is 8. The standard InChI is InChI=1S/C26H34N4O5S/c1-18(2)15-30(24(33)20-6-4-19(3)5-7-20)16-22(31)28-25-27-21(17-36-25)14-23(32)29-10-8-26(9-11-29)34-12-13-35-26/h4-7,17-18H,8-16H2,1-3H3,(H,27,28,31). The van der Waals surface area contributed by atoms with Crippen LogP contribution in [0.3, 0.4) is 0 Å². The molecule has 194 valence electrons. The molecule has 0 saturated carbocycles. The van der Waals surface area contributed by atoms with E-state index >= 15 is 0 Å². The van der Waals surface area contributed by atoms with Crippen LogP contribution in [0.25, 0.3) is 0 Å². The first-order valence-electron chi connectivity index (χ1n) is 12.4. The second-order valence-electron chi connectivity index (χ2n) is 9.80. The number of aromatic nitrogens is 1. The van der Waals surface area contributed by atoms with Gasteiger partial charge in [-0.3, -0.25) is 14.4 Å². The summed E-state index contributed by atoms with van der Waals surface area (Å²) >= 11 is 1.27. The smallest absolute Gasteiger partial charge is 0.254 e. The van der Waals surface area contributed by atoms with Crippen LogP contribution in [-0.2, 0) is 25.5 Å². The fourth-order valence-corrected chi connectivity index (χ4v) is 5.19. The van der Waals surface area contributed by atoms with Gasteiger partial charge in [0.05, 0.1) is 25.3 Å². The molecule has 2 aromatic rings. The maximum atomic E-state index is 13.0. The summed E-state index contributed by atoms with van der Waals surface area (Å²) in [5.41, 5.74) is 2.24. The average molecular weight is 515 g/mol. The van der Waals surface area contributed by atoms with E-state index in [2.05, 4.69) is 10.3 Å². The largest absolute Gasteiger partial charge is 0.347 e. The number of nitrogens with zero attached hydrogens (tertiary/aromatic N) is 3. The van der Waals surface area contributed by atoms with E-state index in [9.17, 15) is 14.4 Å². The molecule has 1 aromatic carbocycles. The summed E-state index contributed by atoms with van der Waals surface area (Å²) in [6.45, 7) is 8.77. The molecular weight excluding hydrogens is 480 g/mol. The summed E-state index contributed by atoms with van der Waals surface area (Å²) in [5.74, 6) is -0.805. The van der Waals surface area contributed by atoms with Crippen molar-refractivity contribution >= 4 is 34.2 Å². The van der Waals surface area contributed by atoms with Crippen LogP contribution >= 0.6 is 11.3 Å². The maximum Gasteiger partial charge on any atom is 0.254 e. The number of thiazole rings is 1. The molecular formula is C26H34N4O5S. The molecule has 2 aliphatic heterocycles. The van der Waals surface area contributed by atoms with E-state index in [0.717, 1.165) is 5.56 Å². The number of anilines is 1. The monoisotopic (exact) mass is 514 g/mol. The van der Waals surface area contributed by atoms with Crippen molar-refractivity contribution in [1.29, 1.82) is 0 Å². The van der Waals surface area contributed by atoms with Gasteiger partial charge in [0.2, 0.25) is 11.8 Å². The SMILES string of the molecule is Cc1ccc(C(=O)N(CC(=O)Nc2nc(CC(=O)N3CCC4(CC3)OCCO4)cs2)CC(C)C)cc1. The van der Waals surface area contributed by atoms with Crippen molar-refractivity contribution in [2.75, 3.05) is 44.7 Å². The Morgan fingerprint density at radius 3 is 2.44 bits per heavy atom. The van der Waals surface area contributed by atoms with E-state index in [0.29, 0.717) is 62.1 Å². The van der Waals surface area contributed by atoms with Gasteiger partial charge in [-0.05, 0) is 25.0 Å². The first kappa shape index (κ1) is 26.2. The number of aryl methyl sites for hydroxylation is 1. The normalized spacial score (nSPS) is 16.9. The average Bonchev–Trinajstić information content (AvgIpc) is 3.48. The predicted octanol–water partition coefficient (Wildman–Crippen LogP) is 3.10. The fourth-order valence-electron chi connectivity index (χ4n) is 4.47. The number of hydrogen-bond acceptors (Lipinski definition) is 7. The third kappa shape index (κ3) is 6.68. The molecule has 3 heterocycles. The topological polar surface area (TPSA) is 101 Å². The molecule has 1 aromatic heterocycles. The Labute approximate surface area is 215 Å². The van der Waals surface area contributed by atoms with E-state index in [1.54, 1.807) is 22.4 Å². The van der Waals surface area contributed by atoms with Gasteiger partial charge in [-0.25, -0.2) is 4.98 Å². The minimum Gasteiger partial charge on any atom is -0.347 e. The quantitative estimate of drug-likeness (QED) is 0.581. The van der Waals surface area contributed by atoms with Gasteiger partial charge in [0, 0.05) is 43.4 Å². The summed E-state index contributed by atoms with van der Waals surface area (Å²) in [6, 6.07) is 7.33. The lowest BCUT2D eigenvalue weighted by Crippen LogP contribution is -2.47. The Morgan fingerprint density at radius 2 is 1.81 bits per heavy atom. The van der Waals surface area contributed by atoms with Crippen LogP contribution in [-0.4, -0.2) is 77.7 Å². The van der Waals surface area contributed by atoms with Crippen LogP contribution in [0.4, 0.5) is 5.13 Å². The van der Waals surface area contributed by atoms with Crippen molar-refractivity contribution in [2.24, 2.45) is 5.92 Å². The van der Waals surface area contributed by atoms with Crippen LogP contribution in [0.1, 0.15) is 48.3 Å². The van der Waals surface area contributed by atoms with Gasteiger partial charge < -0.3 is 24.6 Å². The third-order valence-electron chi connectivity index (χ3n) is 6.33. The maximum absolute atomic E-state index is 13.0. The minimum atomic E-state index is -0.515. The Balaban J connectivity index is 1.29. The number of likely N-dealkylation sites (tertiary alicyclic amines) is 1. The molecule has 0 atom stereocenters. The molecule has 2 saturated heterocycles. The second-order valence-corrected chi connectivity index (χ2v) is 10.7. The minimum absolute atomic E-state index is 0.00201. The third-order valence-corrected chi connectivity index (χ3v) is 7.13. The summed E-state index contributed by atoms with van der Waals surface area (Å²) in [7, 11) is 0. The molecule has 1 spiro atoms. The first-order valence-corrected chi connectivity index (χ1v) is 13.3.